The molecule has 0 aliphatic heterocycles. The first-order valence-corrected chi connectivity index (χ1v) is 6.36. The Balaban J connectivity index is 1.80. The number of H-pyrrole nitrogens is 1. The number of para-hydroxylation sites is 2. The van der Waals surface area contributed by atoms with E-state index in [1.165, 1.54) is 0 Å². The Bertz CT molecular complexity index is 724. The molecular weight excluding hydrogens is 256 g/mol. The average Bonchev–Trinajstić information content (AvgIpc) is 3.04. The van der Waals surface area contributed by atoms with Gasteiger partial charge in [0.2, 0.25) is 5.95 Å². The number of nitrogens with zero attached hydrogens (tertiary/aromatic N) is 2. The Labute approximate surface area is 115 Å². The van der Waals surface area contributed by atoms with Crippen LogP contribution in [0.1, 0.15) is 36.0 Å². The van der Waals surface area contributed by atoms with E-state index in [9.17, 15) is 4.79 Å². The van der Waals surface area contributed by atoms with E-state index in [0.29, 0.717) is 11.7 Å². The van der Waals surface area contributed by atoms with Gasteiger partial charge in [-0.05, 0) is 12.1 Å². The van der Waals surface area contributed by atoms with Crippen LogP contribution in [0.15, 0.2) is 34.9 Å². The van der Waals surface area contributed by atoms with Crippen LogP contribution in [0.3, 0.4) is 0 Å². The second-order valence-electron chi connectivity index (χ2n) is 4.83. The third-order valence-corrected chi connectivity index (χ3v) is 2.95. The molecule has 0 bridgehead atoms. The van der Waals surface area contributed by atoms with Crippen molar-refractivity contribution in [3.05, 3.63) is 41.8 Å². The number of hydrogen-bond donors (Lipinski definition) is 2. The highest BCUT2D eigenvalue weighted by Gasteiger charge is 2.15. The van der Waals surface area contributed by atoms with Gasteiger partial charge in [-0.25, -0.2) is 4.98 Å². The molecule has 20 heavy (non-hydrogen) atoms. The van der Waals surface area contributed by atoms with Crippen LogP contribution in [0.25, 0.3) is 11.0 Å². The Morgan fingerprint density at radius 1 is 1.35 bits per heavy atom. The monoisotopic (exact) mass is 270 g/mol. The molecule has 0 atom stereocenters. The predicted octanol–water partition coefficient (Wildman–Crippen LogP) is 2.93. The highest BCUT2D eigenvalue weighted by molar-refractivity contribution is 6.02. The molecule has 1 aromatic carbocycles. The SMILES string of the molecule is CC(C)c1cc(C(=O)Nc2nc3ccccc3[nH]2)no1. The predicted molar refractivity (Wildman–Crippen MR) is 74.6 cm³/mol. The molecule has 1 amide bonds. The third-order valence-electron chi connectivity index (χ3n) is 2.95. The number of benzene rings is 1. The Morgan fingerprint density at radius 2 is 2.15 bits per heavy atom. The summed E-state index contributed by atoms with van der Waals surface area (Å²) in [5.41, 5.74) is 1.91. The van der Waals surface area contributed by atoms with Gasteiger partial charge in [0.05, 0.1) is 11.0 Å². The number of amides is 1. The first kappa shape index (κ1) is 12.4. The van der Waals surface area contributed by atoms with Crippen LogP contribution in [-0.4, -0.2) is 21.0 Å². The van der Waals surface area contributed by atoms with Gasteiger partial charge in [-0.2, -0.15) is 0 Å². The second kappa shape index (κ2) is 4.80. The number of nitrogens with one attached hydrogen (secondary N) is 2. The molecule has 2 heterocycles. The number of anilines is 1. The summed E-state index contributed by atoms with van der Waals surface area (Å²) >= 11 is 0. The number of imidazole rings is 1. The minimum absolute atomic E-state index is 0.190. The molecule has 0 saturated carbocycles. The van der Waals surface area contributed by atoms with Gasteiger partial charge in [-0.1, -0.05) is 31.1 Å². The zero-order valence-corrected chi connectivity index (χ0v) is 11.2. The summed E-state index contributed by atoms with van der Waals surface area (Å²) in [7, 11) is 0. The normalized spacial score (nSPS) is 11.2. The number of aromatic nitrogens is 3. The zero-order valence-electron chi connectivity index (χ0n) is 11.2. The highest BCUT2D eigenvalue weighted by atomic mass is 16.5. The number of carbonyl (C=O) groups is 1. The van der Waals surface area contributed by atoms with Crippen molar-refractivity contribution in [2.45, 2.75) is 19.8 Å². The summed E-state index contributed by atoms with van der Waals surface area (Å²) in [5.74, 6) is 0.917. The summed E-state index contributed by atoms with van der Waals surface area (Å²) in [6, 6.07) is 9.20. The van der Waals surface area contributed by atoms with Crippen molar-refractivity contribution in [2.75, 3.05) is 5.32 Å². The quantitative estimate of drug-likeness (QED) is 0.766. The largest absolute Gasteiger partial charge is 0.360 e. The first-order valence-electron chi connectivity index (χ1n) is 6.36. The molecule has 2 N–H and O–H groups in total. The average molecular weight is 270 g/mol. The lowest BCUT2D eigenvalue weighted by Gasteiger charge is -1.96. The molecule has 6 heteroatoms. The molecular formula is C14H14N4O2. The zero-order chi connectivity index (χ0) is 14.1. The molecule has 6 nitrogen and oxygen atoms in total. The summed E-state index contributed by atoms with van der Waals surface area (Å²) in [6.07, 6.45) is 0. The summed E-state index contributed by atoms with van der Waals surface area (Å²) < 4.78 is 5.10. The van der Waals surface area contributed by atoms with Crippen molar-refractivity contribution in [1.82, 2.24) is 15.1 Å². The van der Waals surface area contributed by atoms with E-state index in [0.717, 1.165) is 11.0 Å². The van der Waals surface area contributed by atoms with Gasteiger partial charge < -0.3 is 9.51 Å². The Hall–Kier alpha value is -2.63. The first-order chi connectivity index (χ1) is 9.63. The number of fused-ring (bicyclic) bond motifs is 1. The van der Waals surface area contributed by atoms with Crippen molar-refractivity contribution in [1.29, 1.82) is 0 Å². The fourth-order valence-corrected chi connectivity index (χ4v) is 1.85. The van der Waals surface area contributed by atoms with Gasteiger partial charge in [-0.15, -0.1) is 0 Å². The fraction of sp³-hybridized carbons (Fsp3) is 0.214. The minimum atomic E-state index is -0.347. The maximum atomic E-state index is 12.0. The van der Waals surface area contributed by atoms with E-state index < -0.39 is 0 Å². The van der Waals surface area contributed by atoms with Crippen molar-refractivity contribution < 1.29 is 9.32 Å². The molecule has 3 aromatic rings. The van der Waals surface area contributed by atoms with E-state index in [1.807, 2.05) is 38.1 Å². The Kier molecular flexibility index (Phi) is 2.98. The smallest absolute Gasteiger partial charge is 0.280 e. The van der Waals surface area contributed by atoms with Crippen molar-refractivity contribution in [2.24, 2.45) is 0 Å². The molecule has 0 radical (unpaired) electrons. The van der Waals surface area contributed by atoms with Crippen molar-refractivity contribution >= 4 is 22.9 Å². The van der Waals surface area contributed by atoms with E-state index >= 15 is 0 Å². The summed E-state index contributed by atoms with van der Waals surface area (Å²) in [6.45, 7) is 3.95. The van der Waals surface area contributed by atoms with Crippen LogP contribution in [0.5, 0.6) is 0 Å². The molecule has 0 aliphatic carbocycles. The van der Waals surface area contributed by atoms with Gasteiger partial charge in [-0.3, -0.25) is 10.1 Å². The van der Waals surface area contributed by atoms with Gasteiger partial charge >= 0.3 is 0 Å². The van der Waals surface area contributed by atoms with Crippen LogP contribution in [0, 0.1) is 0 Å². The van der Waals surface area contributed by atoms with Crippen LogP contribution in [-0.2, 0) is 0 Å². The molecule has 0 unspecified atom stereocenters. The standard InChI is InChI=1S/C14H14N4O2/c1-8(2)12-7-11(18-20-12)13(19)17-14-15-9-5-3-4-6-10(9)16-14/h3-8H,1-2H3,(H2,15,16,17,19). The Morgan fingerprint density at radius 3 is 2.85 bits per heavy atom. The molecule has 3 rings (SSSR count). The lowest BCUT2D eigenvalue weighted by atomic mass is 10.1. The van der Waals surface area contributed by atoms with E-state index in [-0.39, 0.29) is 17.5 Å². The van der Waals surface area contributed by atoms with Crippen molar-refractivity contribution in [3.8, 4) is 0 Å². The topological polar surface area (TPSA) is 83.8 Å². The molecule has 0 fully saturated rings. The molecule has 0 spiro atoms. The summed E-state index contributed by atoms with van der Waals surface area (Å²) in [4.78, 5) is 19.3. The van der Waals surface area contributed by atoms with Gasteiger partial charge in [0, 0.05) is 12.0 Å². The highest BCUT2D eigenvalue weighted by Crippen LogP contribution is 2.17. The third kappa shape index (κ3) is 2.27. The minimum Gasteiger partial charge on any atom is -0.360 e. The van der Waals surface area contributed by atoms with Gasteiger partial charge in [0.1, 0.15) is 5.76 Å². The maximum Gasteiger partial charge on any atom is 0.280 e. The van der Waals surface area contributed by atoms with Crippen molar-refractivity contribution in [3.63, 3.8) is 0 Å². The number of rotatable bonds is 3. The van der Waals surface area contributed by atoms with Crippen LogP contribution in [0.2, 0.25) is 0 Å². The molecule has 0 aliphatic rings. The van der Waals surface area contributed by atoms with Gasteiger partial charge in [0.25, 0.3) is 5.91 Å². The number of hydrogen-bond acceptors (Lipinski definition) is 4. The molecule has 0 saturated heterocycles. The van der Waals surface area contributed by atoms with Crippen LogP contribution < -0.4 is 5.32 Å². The van der Waals surface area contributed by atoms with E-state index in [1.54, 1.807) is 6.07 Å². The maximum absolute atomic E-state index is 12.0. The number of aromatic amines is 1. The van der Waals surface area contributed by atoms with Crippen LogP contribution >= 0.6 is 0 Å². The van der Waals surface area contributed by atoms with E-state index in [2.05, 4.69) is 20.4 Å². The van der Waals surface area contributed by atoms with Gasteiger partial charge in [0.15, 0.2) is 5.69 Å². The lowest BCUT2D eigenvalue weighted by molar-refractivity contribution is 0.101. The molecule has 102 valence electrons. The molecule has 2 aromatic heterocycles. The lowest BCUT2D eigenvalue weighted by Crippen LogP contribution is -2.13. The van der Waals surface area contributed by atoms with E-state index in [4.69, 9.17) is 4.52 Å². The second-order valence-corrected chi connectivity index (χ2v) is 4.83. The van der Waals surface area contributed by atoms with Crippen LogP contribution in [0.4, 0.5) is 5.95 Å². The summed E-state index contributed by atoms with van der Waals surface area (Å²) in [5, 5.41) is 6.43. The fourth-order valence-electron chi connectivity index (χ4n) is 1.85. The number of carbonyl (C=O) groups excluding carboxylic acids is 1.